The van der Waals surface area contributed by atoms with Crippen LogP contribution in [0.1, 0.15) is 68.8 Å². The molecule has 6 heterocycles. The number of aliphatic hydroxyl groups excluding tert-OH is 1. The van der Waals surface area contributed by atoms with E-state index in [0.717, 1.165) is 0 Å². The molecule has 6 bridgehead atoms. The van der Waals surface area contributed by atoms with Crippen LogP contribution in [0, 0.1) is 5.92 Å². The van der Waals surface area contributed by atoms with Crippen LogP contribution in [-0.4, -0.2) is 160 Å². The summed E-state index contributed by atoms with van der Waals surface area (Å²) in [5.41, 5.74) is -18.5. The summed E-state index contributed by atoms with van der Waals surface area (Å²) in [5.74, 6) is -42.8. The van der Waals surface area contributed by atoms with Gasteiger partial charge in [0.1, 0.15) is 12.5 Å². The number of esters is 5. The Morgan fingerprint density at radius 1 is 0.474 bits per heavy atom. The first kappa shape index (κ1) is 47.5. The first-order valence-corrected chi connectivity index (χ1v) is 21.4. The fraction of sp³-hybridized carbons (Fsp3) is 0.170. The number of carbonyl (C=O) groups is 7. The normalized spacial score (nSPS) is 23.8. The van der Waals surface area contributed by atoms with Gasteiger partial charge in [-0.05, 0) is 24.3 Å². The largest absolute Gasteiger partial charge is 0.504 e. The van der Waals surface area contributed by atoms with Crippen molar-refractivity contribution in [3.05, 3.63) is 69.0 Å². The molecule has 76 heavy (non-hydrogen) atoms. The van der Waals surface area contributed by atoms with Crippen molar-refractivity contribution >= 4 is 47.2 Å². The van der Waals surface area contributed by atoms with Crippen LogP contribution < -0.4 is 4.74 Å². The molecule has 0 radical (unpaired) electrons. The number of phenolic OH excluding ortho intramolecular Hbond substituents is 14. The Balaban J connectivity index is 1.30. The van der Waals surface area contributed by atoms with Crippen molar-refractivity contribution in [2.24, 2.45) is 5.92 Å². The molecular weight excluding hydrogens is 1030 g/mol. The molecule has 0 aromatic heterocycles. The summed E-state index contributed by atoms with van der Waals surface area (Å²) in [7, 11) is 0. The van der Waals surface area contributed by atoms with Crippen LogP contribution in [-0.2, 0) is 33.3 Å². The summed E-state index contributed by atoms with van der Waals surface area (Å²) < 4.78 is 34.9. The molecule has 0 amide bonds. The van der Waals surface area contributed by atoms with E-state index in [1.165, 1.54) is 0 Å². The SMILES string of the molecule is O=C1OCC2OC(=O)c3cc(O)c(O)c(O)c3-c3c(O)c(O)c(O)c4c3C(=O)OC(C2OC(=O)c2cc(O)c(O)c(O)c2-c2c1cc(O)c(O)c2O)C1OC(=O)C2C4=C(O)C(=O)C23Oc2c(O)c(O)cc(C(=O)O)c2C13. The van der Waals surface area contributed by atoms with Gasteiger partial charge in [-0.1, -0.05) is 0 Å². The minimum Gasteiger partial charge on any atom is -0.504 e. The lowest BCUT2D eigenvalue weighted by atomic mass is 9.66. The van der Waals surface area contributed by atoms with Crippen molar-refractivity contribution in [1.29, 1.82) is 0 Å². The molecule has 7 atom stereocenters. The second-order valence-corrected chi connectivity index (χ2v) is 17.6. The van der Waals surface area contributed by atoms with Gasteiger partial charge in [-0.3, -0.25) is 9.59 Å². The number of hydrogen-bond acceptors (Lipinski definition) is 28. The molecule has 1 saturated heterocycles. The van der Waals surface area contributed by atoms with E-state index in [0.29, 0.717) is 24.3 Å². The van der Waals surface area contributed by atoms with Gasteiger partial charge in [0, 0.05) is 39.0 Å². The Hall–Kier alpha value is -10.9. The highest BCUT2D eigenvalue weighted by Gasteiger charge is 2.76. The molecule has 12 rings (SSSR count). The second-order valence-electron chi connectivity index (χ2n) is 17.6. The Labute approximate surface area is 416 Å². The van der Waals surface area contributed by atoms with E-state index in [-0.39, 0.29) is 0 Å². The quantitative estimate of drug-likeness (QED) is 0.0640. The smallest absolute Gasteiger partial charge is 0.340 e. The Morgan fingerprint density at radius 2 is 0.947 bits per heavy atom. The van der Waals surface area contributed by atoms with E-state index in [1.807, 2.05) is 0 Å². The highest BCUT2D eigenvalue weighted by atomic mass is 16.6. The zero-order valence-electron chi connectivity index (χ0n) is 36.9. The number of carbonyl (C=O) groups excluding carboxylic acids is 6. The van der Waals surface area contributed by atoms with E-state index in [9.17, 15) is 101 Å². The predicted molar refractivity (Wildman–Crippen MR) is 232 cm³/mol. The Morgan fingerprint density at radius 3 is 1.50 bits per heavy atom. The Bertz CT molecular complexity index is 3740. The van der Waals surface area contributed by atoms with Crippen LogP contribution in [0.25, 0.3) is 27.8 Å². The lowest BCUT2D eigenvalue weighted by Gasteiger charge is -2.47. The molecule has 5 aromatic carbocycles. The van der Waals surface area contributed by atoms with Crippen LogP contribution in [0.2, 0.25) is 0 Å². The summed E-state index contributed by atoms with van der Waals surface area (Å²) in [6, 6.07) is 1.38. The third-order valence-corrected chi connectivity index (χ3v) is 13.9. The number of Topliss-reactive ketones (excluding diaryl/α,β-unsaturated/α-hetero) is 1. The number of aromatic hydroxyl groups is 14. The van der Waals surface area contributed by atoms with Gasteiger partial charge in [0.05, 0.1) is 33.7 Å². The highest BCUT2D eigenvalue weighted by Crippen LogP contribution is 2.68. The molecule has 390 valence electrons. The van der Waals surface area contributed by atoms with Crippen molar-refractivity contribution < 1.29 is 144 Å². The van der Waals surface area contributed by atoms with Crippen LogP contribution >= 0.6 is 0 Å². The van der Waals surface area contributed by atoms with Crippen LogP contribution in [0.3, 0.4) is 0 Å². The minimum atomic E-state index is -3.32. The van der Waals surface area contributed by atoms with Crippen molar-refractivity contribution in [2.75, 3.05) is 6.61 Å². The molecular formula is C47H28O29. The van der Waals surface area contributed by atoms with Gasteiger partial charge in [0.25, 0.3) is 0 Å². The van der Waals surface area contributed by atoms with Gasteiger partial charge in [0.2, 0.25) is 40.1 Å². The van der Waals surface area contributed by atoms with Gasteiger partial charge in [0.15, 0.2) is 87.7 Å². The molecule has 1 spiro atoms. The number of aliphatic hydroxyl groups is 1. The average molecular weight is 1060 g/mol. The van der Waals surface area contributed by atoms with Crippen LogP contribution in [0.5, 0.6) is 86.2 Å². The van der Waals surface area contributed by atoms with Gasteiger partial charge in [-0.25, -0.2) is 24.0 Å². The number of carboxylic acid groups (broad SMARTS) is 1. The minimum absolute atomic E-state index is 0.296. The summed E-state index contributed by atoms with van der Waals surface area (Å²) in [6.45, 7) is -1.61. The van der Waals surface area contributed by atoms with Gasteiger partial charge in [-0.2, -0.15) is 0 Å². The number of fused-ring (bicyclic) bond motifs is 8. The molecule has 1 fully saturated rings. The fourth-order valence-corrected chi connectivity index (χ4v) is 10.7. The first-order chi connectivity index (χ1) is 35.8. The molecule has 29 heteroatoms. The number of ketones is 1. The third-order valence-electron chi connectivity index (χ3n) is 13.9. The standard InChI is InChI=1S/C47H28O29/c48-10-2-7-15(29(56)25(10)52)16-8(3-11(49)26(53)30(16)57)44(68)73-36-14(5-71-42(7)66)72-43(67)9-4-12(50)27(54)31(58)17(9)19-21-20(33(60)35(62)32(19)59)22-24-46(70)74-38(39(36)75-45(21)69)23-18-6(41(64)65)1-13(51)28(55)37(18)76-47(23,24)40(63)34(22)61/h1-4,14,23-24,36,38-39,48-62H,5H2,(H,64,65). The summed E-state index contributed by atoms with van der Waals surface area (Å²) in [4.78, 5) is 103. The fourth-order valence-electron chi connectivity index (χ4n) is 10.7. The molecule has 0 saturated carbocycles. The summed E-state index contributed by atoms with van der Waals surface area (Å²) in [6.07, 6.45) is -11.4. The van der Waals surface area contributed by atoms with Crippen molar-refractivity contribution in [2.45, 2.75) is 35.9 Å². The average Bonchev–Trinajstić information content (AvgIpc) is 4.01. The topological polar surface area (TPSA) is 499 Å². The number of benzene rings is 5. The van der Waals surface area contributed by atoms with Crippen LogP contribution in [0.15, 0.2) is 30.0 Å². The monoisotopic (exact) mass is 1060 g/mol. The summed E-state index contributed by atoms with van der Waals surface area (Å²) >= 11 is 0. The number of cyclic esters (lactones) is 1. The van der Waals surface area contributed by atoms with Crippen molar-refractivity contribution in [1.82, 2.24) is 0 Å². The molecule has 5 aromatic rings. The second kappa shape index (κ2) is 15.3. The predicted octanol–water partition coefficient (Wildman–Crippen LogP) is 1.38. The van der Waals surface area contributed by atoms with E-state index >= 15 is 14.4 Å². The lowest BCUT2D eigenvalue weighted by molar-refractivity contribution is -0.200. The van der Waals surface area contributed by atoms with Gasteiger partial charge >= 0.3 is 35.8 Å². The lowest BCUT2D eigenvalue weighted by Crippen LogP contribution is -2.65. The number of hydrogen-bond donors (Lipinski definition) is 16. The molecule has 6 aliphatic heterocycles. The molecule has 7 unspecified atom stereocenters. The Kier molecular flexibility index (Phi) is 9.57. The number of phenols is 14. The van der Waals surface area contributed by atoms with Crippen LogP contribution in [0.4, 0.5) is 0 Å². The van der Waals surface area contributed by atoms with E-state index in [4.69, 9.17) is 28.4 Å². The number of aromatic carboxylic acids is 1. The van der Waals surface area contributed by atoms with E-state index < -0.39 is 249 Å². The molecule has 7 aliphatic rings. The van der Waals surface area contributed by atoms with E-state index in [1.54, 1.807) is 0 Å². The number of carboxylic acids is 1. The maximum Gasteiger partial charge on any atom is 0.340 e. The maximum atomic E-state index is 15.5. The van der Waals surface area contributed by atoms with Gasteiger partial charge < -0.3 is 110 Å². The molecule has 29 nitrogen and oxygen atoms in total. The third kappa shape index (κ3) is 5.79. The number of rotatable bonds is 1. The van der Waals surface area contributed by atoms with Crippen molar-refractivity contribution in [3.8, 4) is 108 Å². The van der Waals surface area contributed by atoms with Gasteiger partial charge in [-0.15, -0.1) is 0 Å². The summed E-state index contributed by atoms with van der Waals surface area (Å²) in [5, 5.41) is 178. The maximum absolute atomic E-state index is 15.5. The zero-order valence-corrected chi connectivity index (χ0v) is 36.9. The highest BCUT2D eigenvalue weighted by molar-refractivity contribution is 6.22. The number of ether oxygens (including phenoxy) is 6. The first-order valence-electron chi connectivity index (χ1n) is 21.4. The zero-order chi connectivity index (χ0) is 54.9. The van der Waals surface area contributed by atoms with Crippen molar-refractivity contribution in [3.63, 3.8) is 0 Å². The van der Waals surface area contributed by atoms with E-state index in [2.05, 4.69) is 0 Å². The molecule has 16 N–H and O–H groups in total. The molecule has 1 aliphatic carbocycles.